The maximum absolute atomic E-state index is 13.7. The molecule has 1 aromatic carbocycles. The molecule has 2 heterocycles. The fraction of sp³-hybridized carbons (Fsp3) is 0.600. The quantitative estimate of drug-likeness (QED) is 0.682. The van der Waals surface area contributed by atoms with Crippen LogP contribution in [0.25, 0.3) is 0 Å². The van der Waals surface area contributed by atoms with Gasteiger partial charge in [0.1, 0.15) is 6.04 Å². The zero-order valence-electron chi connectivity index (χ0n) is 17.5. The average Bonchev–Trinajstić information content (AvgIpc) is 3.09. The highest BCUT2D eigenvalue weighted by atomic mass is 35.5. The fourth-order valence-corrected chi connectivity index (χ4v) is 6.35. The van der Waals surface area contributed by atoms with Crippen molar-refractivity contribution in [2.45, 2.75) is 63.1 Å². The smallest absolute Gasteiger partial charge is 0.244 e. The van der Waals surface area contributed by atoms with E-state index < -0.39 is 16.1 Å². The second-order valence-electron chi connectivity index (χ2n) is 8.11. The molecule has 30 heavy (non-hydrogen) atoms. The van der Waals surface area contributed by atoms with Crippen LogP contribution < -0.4 is 10.6 Å². The first-order chi connectivity index (χ1) is 14.1. The number of sulfonamides is 1. The van der Waals surface area contributed by atoms with Gasteiger partial charge in [0.2, 0.25) is 21.8 Å². The van der Waals surface area contributed by atoms with Gasteiger partial charge in [0.05, 0.1) is 15.6 Å². The van der Waals surface area contributed by atoms with Crippen molar-refractivity contribution in [1.82, 2.24) is 14.5 Å². The molecule has 2 fully saturated rings. The van der Waals surface area contributed by atoms with Gasteiger partial charge in [-0.15, -0.1) is 0 Å². The van der Waals surface area contributed by atoms with Crippen molar-refractivity contribution >= 4 is 39.1 Å². The van der Waals surface area contributed by atoms with Crippen LogP contribution in [0.5, 0.6) is 0 Å². The number of hydrogen-bond acceptors (Lipinski definition) is 5. The Labute approximate surface area is 183 Å². The number of carbonyl (C=O) groups is 2. The number of likely N-dealkylation sites (tertiary alicyclic amines) is 1. The van der Waals surface area contributed by atoms with Gasteiger partial charge in [0.25, 0.3) is 0 Å². The van der Waals surface area contributed by atoms with E-state index >= 15 is 0 Å². The van der Waals surface area contributed by atoms with Gasteiger partial charge >= 0.3 is 0 Å². The van der Waals surface area contributed by atoms with E-state index in [9.17, 15) is 18.0 Å². The largest absolute Gasteiger partial charge is 0.355 e. The number of nitrogens with zero attached hydrogens (tertiary/aromatic N) is 2. The topological polar surface area (TPSA) is 98.8 Å². The van der Waals surface area contributed by atoms with E-state index in [2.05, 4.69) is 29.4 Å². The third kappa shape index (κ3) is 4.80. The number of benzene rings is 1. The van der Waals surface area contributed by atoms with E-state index in [1.807, 2.05) is 0 Å². The van der Waals surface area contributed by atoms with Crippen LogP contribution in [0.15, 0.2) is 23.1 Å². The van der Waals surface area contributed by atoms with Gasteiger partial charge in [-0.05, 0) is 64.4 Å². The first-order valence-corrected chi connectivity index (χ1v) is 12.1. The van der Waals surface area contributed by atoms with Gasteiger partial charge in [-0.2, -0.15) is 4.31 Å². The summed E-state index contributed by atoms with van der Waals surface area (Å²) >= 11 is 6.23. The third-order valence-corrected chi connectivity index (χ3v) is 8.01. The Hall–Kier alpha value is -1.68. The lowest BCUT2D eigenvalue weighted by molar-refractivity contribution is -0.123. The van der Waals surface area contributed by atoms with Gasteiger partial charge in [0, 0.05) is 25.6 Å². The van der Waals surface area contributed by atoms with Crippen LogP contribution in [-0.2, 0) is 19.6 Å². The second-order valence-corrected chi connectivity index (χ2v) is 10.4. The Morgan fingerprint density at radius 2 is 1.93 bits per heavy atom. The molecule has 0 bridgehead atoms. The van der Waals surface area contributed by atoms with Crippen LogP contribution in [0.4, 0.5) is 5.69 Å². The molecule has 0 spiro atoms. The number of nitrogens with one attached hydrogen (secondary N) is 2. The van der Waals surface area contributed by atoms with Crippen LogP contribution in [-0.4, -0.2) is 67.2 Å². The predicted molar refractivity (Wildman–Crippen MR) is 116 cm³/mol. The Morgan fingerprint density at radius 3 is 2.43 bits per heavy atom. The van der Waals surface area contributed by atoms with E-state index in [1.165, 1.54) is 29.4 Å². The maximum atomic E-state index is 13.7. The first kappa shape index (κ1) is 23.0. The van der Waals surface area contributed by atoms with E-state index in [0.29, 0.717) is 37.5 Å². The monoisotopic (exact) mass is 456 g/mol. The highest BCUT2D eigenvalue weighted by Crippen LogP contribution is 2.32. The highest BCUT2D eigenvalue weighted by Gasteiger charge is 2.43. The summed E-state index contributed by atoms with van der Waals surface area (Å²) in [5, 5.41) is 5.46. The molecule has 2 aliphatic rings. The Morgan fingerprint density at radius 1 is 1.27 bits per heavy atom. The van der Waals surface area contributed by atoms with Crippen LogP contribution in [0.1, 0.15) is 40.0 Å². The van der Waals surface area contributed by atoms with Crippen LogP contribution in [0.2, 0.25) is 5.02 Å². The van der Waals surface area contributed by atoms with E-state index in [1.54, 1.807) is 0 Å². The molecule has 10 heteroatoms. The molecule has 1 aromatic rings. The minimum atomic E-state index is -3.97. The molecule has 0 saturated carbocycles. The maximum Gasteiger partial charge on any atom is 0.244 e. The number of piperidine rings is 1. The van der Waals surface area contributed by atoms with Gasteiger partial charge in [0.15, 0.2) is 0 Å². The Balaban J connectivity index is 1.93. The van der Waals surface area contributed by atoms with Crippen molar-refractivity contribution < 1.29 is 18.0 Å². The summed E-state index contributed by atoms with van der Waals surface area (Å²) in [7, 11) is -3.97. The molecule has 2 N–H and O–H groups in total. The average molecular weight is 457 g/mol. The summed E-state index contributed by atoms with van der Waals surface area (Å²) in [6.07, 6.45) is 1.78. The van der Waals surface area contributed by atoms with Gasteiger partial charge in [-0.25, -0.2) is 8.42 Å². The molecule has 2 saturated heterocycles. The number of halogens is 1. The minimum absolute atomic E-state index is 0.0209. The van der Waals surface area contributed by atoms with E-state index in [-0.39, 0.29) is 27.8 Å². The van der Waals surface area contributed by atoms with Gasteiger partial charge in [-0.1, -0.05) is 11.6 Å². The van der Waals surface area contributed by atoms with Crippen molar-refractivity contribution in [3.8, 4) is 0 Å². The predicted octanol–water partition coefficient (Wildman–Crippen LogP) is 2.05. The molecule has 2 aliphatic heterocycles. The molecule has 0 aliphatic carbocycles. The molecule has 1 unspecified atom stereocenters. The molecule has 2 amide bonds. The number of anilines is 1. The SMILES string of the molecule is CC(=O)Nc1ccc(S(=O)(=O)N(C2CCN(C(C)C)CC2)C2CCNC2=O)cc1Cl. The summed E-state index contributed by atoms with van der Waals surface area (Å²) in [5.74, 6) is -0.556. The minimum Gasteiger partial charge on any atom is -0.355 e. The molecular formula is C20H29ClN4O4S. The molecule has 166 valence electrons. The zero-order chi connectivity index (χ0) is 22.1. The first-order valence-electron chi connectivity index (χ1n) is 10.2. The number of hydrogen-bond donors (Lipinski definition) is 2. The number of rotatable bonds is 6. The molecule has 8 nitrogen and oxygen atoms in total. The number of carbonyl (C=O) groups excluding carboxylic acids is 2. The number of amides is 2. The van der Waals surface area contributed by atoms with Crippen molar-refractivity contribution in [3.05, 3.63) is 23.2 Å². The summed E-state index contributed by atoms with van der Waals surface area (Å²) in [6.45, 7) is 7.62. The van der Waals surface area contributed by atoms with E-state index in [0.717, 1.165) is 13.1 Å². The molecular weight excluding hydrogens is 428 g/mol. The summed E-state index contributed by atoms with van der Waals surface area (Å²) < 4.78 is 28.7. The molecule has 0 radical (unpaired) electrons. The third-order valence-electron chi connectivity index (χ3n) is 5.74. The van der Waals surface area contributed by atoms with Crippen LogP contribution in [0.3, 0.4) is 0 Å². The van der Waals surface area contributed by atoms with E-state index in [4.69, 9.17) is 11.6 Å². The lowest BCUT2D eigenvalue weighted by Crippen LogP contribution is -2.54. The van der Waals surface area contributed by atoms with Crippen molar-refractivity contribution in [2.75, 3.05) is 25.0 Å². The fourth-order valence-electron chi connectivity index (χ4n) is 4.17. The summed E-state index contributed by atoms with van der Waals surface area (Å²) in [6, 6.07) is 3.66. The van der Waals surface area contributed by atoms with Gasteiger partial charge in [-0.3, -0.25) is 9.59 Å². The van der Waals surface area contributed by atoms with Crippen molar-refractivity contribution in [3.63, 3.8) is 0 Å². The van der Waals surface area contributed by atoms with Gasteiger partial charge < -0.3 is 15.5 Å². The summed E-state index contributed by atoms with van der Waals surface area (Å²) in [4.78, 5) is 26.1. The normalized spacial score (nSPS) is 21.3. The van der Waals surface area contributed by atoms with Crippen molar-refractivity contribution in [1.29, 1.82) is 0 Å². The Bertz CT molecular complexity index is 913. The lowest BCUT2D eigenvalue weighted by atomic mass is 10.0. The highest BCUT2D eigenvalue weighted by molar-refractivity contribution is 7.89. The standard InChI is InChI=1S/C20H29ClN4O4S/c1-13(2)24-10-7-15(8-11-24)25(19-6-9-22-20(19)27)30(28,29)16-4-5-18(17(21)12-16)23-14(3)26/h4-5,12-13,15,19H,6-11H2,1-3H3,(H,22,27)(H,23,26). The molecule has 0 aromatic heterocycles. The lowest BCUT2D eigenvalue weighted by Gasteiger charge is -2.41. The molecule has 3 rings (SSSR count). The van der Waals surface area contributed by atoms with Crippen LogP contribution >= 0.6 is 11.6 Å². The second kappa shape index (κ2) is 9.21. The summed E-state index contributed by atoms with van der Waals surface area (Å²) in [5.41, 5.74) is 0.346. The Kier molecular flexibility index (Phi) is 7.06. The zero-order valence-corrected chi connectivity index (χ0v) is 19.1. The van der Waals surface area contributed by atoms with Crippen molar-refractivity contribution in [2.24, 2.45) is 0 Å². The van der Waals surface area contributed by atoms with Crippen LogP contribution in [0, 0.1) is 0 Å². The molecule has 1 atom stereocenters.